The molecule has 2 aromatic rings. The highest BCUT2D eigenvalue weighted by molar-refractivity contribution is 5.76. The third kappa shape index (κ3) is 3.32. The van der Waals surface area contributed by atoms with Crippen molar-refractivity contribution in [1.82, 2.24) is 9.88 Å². The summed E-state index contributed by atoms with van der Waals surface area (Å²) in [5.41, 5.74) is 6.93. The average Bonchev–Trinajstić information content (AvgIpc) is 3.16. The van der Waals surface area contributed by atoms with Crippen LogP contribution in [0, 0.1) is 11.9 Å². The molecule has 3 aliphatic heterocycles. The number of hydrogen-bond acceptors (Lipinski definition) is 7. The molecule has 3 atom stereocenters. The minimum Gasteiger partial charge on any atom is -0.490 e. The Morgan fingerprint density at radius 1 is 1.38 bits per heavy atom. The molecule has 4 heterocycles. The maximum Gasteiger partial charge on any atom is 0.410 e. The van der Waals surface area contributed by atoms with Crippen molar-refractivity contribution in [2.75, 3.05) is 19.7 Å². The monoisotopic (exact) mass is 440 g/mol. The summed E-state index contributed by atoms with van der Waals surface area (Å²) in [6.45, 7) is 4.78. The summed E-state index contributed by atoms with van der Waals surface area (Å²) >= 11 is 0. The molecule has 1 fully saturated rings. The highest BCUT2D eigenvalue weighted by Crippen LogP contribution is 2.51. The summed E-state index contributed by atoms with van der Waals surface area (Å²) in [6, 6.07) is 8.97. The molecule has 0 radical (unpaired) electrons. The van der Waals surface area contributed by atoms with E-state index in [1.165, 1.54) is 6.20 Å². The van der Waals surface area contributed by atoms with Crippen molar-refractivity contribution >= 4 is 12.1 Å². The Kier molecular flexibility index (Phi) is 4.91. The number of nitrogens with zero attached hydrogens (tertiary/aromatic N) is 3. The molecule has 5 rings (SSSR count). The summed E-state index contributed by atoms with van der Waals surface area (Å²) in [6.07, 6.45) is 1.31. The van der Waals surface area contributed by atoms with E-state index >= 15 is 0 Å². The predicted molar refractivity (Wildman–Crippen MR) is 115 cm³/mol. The van der Waals surface area contributed by atoms with E-state index in [-0.39, 0.29) is 36.8 Å². The van der Waals surface area contributed by atoms with Crippen LogP contribution < -0.4 is 10.5 Å². The second-order valence-corrected chi connectivity index (χ2v) is 8.65. The maximum atomic E-state index is 14.4. The third-order valence-electron chi connectivity index (χ3n) is 6.30. The van der Waals surface area contributed by atoms with Gasteiger partial charge in [-0.25, -0.2) is 14.8 Å². The first kappa shape index (κ1) is 20.5. The van der Waals surface area contributed by atoms with Gasteiger partial charge in [-0.05, 0) is 43.7 Å². The van der Waals surface area contributed by atoms with E-state index in [1.54, 1.807) is 17.0 Å². The Hall–Kier alpha value is -3.36. The van der Waals surface area contributed by atoms with Crippen molar-refractivity contribution in [2.45, 2.75) is 38.0 Å². The first-order valence-electron chi connectivity index (χ1n) is 10.7. The zero-order valence-corrected chi connectivity index (χ0v) is 18.0. The Balaban J connectivity index is 1.57. The van der Waals surface area contributed by atoms with Crippen LogP contribution in [0.15, 0.2) is 41.5 Å². The number of pyridine rings is 1. The first-order chi connectivity index (χ1) is 15.4. The molecule has 2 N–H and O–H groups in total. The van der Waals surface area contributed by atoms with Crippen LogP contribution in [0.1, 0.15) is 25.8 Å². The number of piperidine rings is 1. The van der Waals surface area contributed by atoms with Crippen LogP contribution in [0.4, 0.5) is 9.18 Å². The molecule has 1 aromatic carbocycles. The predicted octanol–water partition coefficient (Wildman–Crippen LogP) is 3.06. The van der Waals surface area contributed by atoms with Gasteiger partial charge in [-0.3, -0.25) is 0 Å². The van der Waals surface area contributed by atoms with Crippen LogP contribution in [0.3, 0.4) is 0 Å². The number of aliphatic imine (C=N–C) groups is 1. The minimum atomic E-state index is -0.839. The molecule has 0 aliphatic carbocycles. The third-order valence-corrected chi connectivity index (χ3v) is 6.30. The number of halogens is 1. The molecule has 1 saturated heterocycles. The van der Waals surface area contributed by atoms with Gasteiger partial charge in [0.2, 0.25) is 5.95 Å². The van der Waals surface area contributed by atoms with E-state index in [1.807, 2.05) is 32.0 Å². The molecular weight excluding hydrogens is 415 g/mol. The number of hydrogen-bond donors (Lipinski definition) is 1. The first-order valence-corrected chi connectivity index (χ1v) is 10.7. The molecule has 168 valence electrons. The molecule has 1 aromatic heterocycles. The normalized spacial score (nSPS) is 26.1. The number of nitrogens with two attached hydrogens (primary N) is 1. The molecule has 1 spiro atoms. The smallest absolute Gasteiger partial charge is 0.410 e. The van der Waals surface area contributed by atoms with Crippen molar-refractivity contribution in [1.29, 1.82) is 0 Å². The van der Waals surface area contributed by atoms with Gasteiger partial charge >= 0.3 is 6.09 Å². The number of likely N-dealkylation sites (tertiary alicyclic amines) is 1. The number of benzene rings is 1. The lowest BCUT2D eigenvalue weighted by molar-refractivity contribution is -0.0257. The number of carbonyl (C=O) groups excluding carboxylic acids is 1. The van der Waals surface area contributed by atoms with E-state index in [0.29, 0.717) is 36.4 Å². The number of amides is 1. The number of ether oxygens (including phenoxy) is 3. The quantitative estimate of drug-likeness (QED) is 0.721. The largest absolute Gasteiger partial charge is 0.490 e. The van der Waals surface area contributed by atoms with Gasteiger partial charge in [-0.15, -0.1) is 0 Å². The van der Waals surface area contributed by atoms with Crippen molar-refractivity contribution < 1.29 is 23.4 Å². The van der Waals surface area contributed by atoms with E-state index < -0.39 is 11.5 Å². The molecular formula is C23H25FN4O4. The zero-order valence-electron chi connectivity index (χ0n) is 18.0. The number of carbonyl (C=O) groups is 1. The van der Waals surface area contributed by atoms with Gasteiger partial charge in [-0.1, -0.05) is 6.07 Å². The van der Waals surface area contributed by atoms with Crippen LogP contribution in [-0.4, -0.2) is 53.9 Å². The van der Waals surface area contributed by atoms with Crippen LogP contribution in [0.25, 0.3) is 11.1 Å². The minimum absolute atomic E-state index is 0.0939. The molecule has 32 heavy (non-hydrogen) atoms. The van der Waals surface area contributed by atoms with E-state index in [2.05, 4.69) is 4.98 Å². The highest BCUT2D eigenvalue weighted by atomic mass is 19.1. The lowest BCUT2D eigenvalue weighted by Gasteiger charge is -2.48. The second kappa shape index (κ2) is 7.65. The fourth-order valence-corrected chi connectivity index (χ4v) is 4.85. The number of fused-ring (bicyclic) bond motifs is 4. The highest BCUT2D eigenvalue weighted by Gasteiger charge is 2.56. The summed E-state index contributed by atoms with van der Waals surface area (Å²) in [5, 5.41) is 0. The number of rotatable bonds is 2. The molecule has 9 heteroatoms. The second-order valence-electron chi connectivity index (χ2n) is 8.65. The molecule has 0 bridgehead atoms. The lowest BCUT2D eigenvalue weighted by Crippen LogP contribution is -2.58. The van der Waals surface area contributed by atoms with Crippen LogP contribution in [0.5, 0.6) is 5.75 Å². The van der Waals surface area contributed by atoms with Crippen molar-refractivity contribution in [3.63, 3.8) is 0 Å². The van der Waals surface area contributed by atoms with Crippen LogP contribution >= 0.6 is 0 Å². The van der Waals surface area contributed by atoms with Gasteiger partial charge in [0.25, 0.3) is 6.02 Å². The maximum absolute atomic E-state index is 14.4. The van der Waals surface area contributed by atoms with Crippen LogP contribution in [0.2, 0.25) is 0 Å². The molecule has 0 saturated carbocycles. The summed E-state index contributed by atoms with van der Waals surface area (Å²) in [4.78, 5) is 22.8. The van der Waals surface area contributed by atoms with Gasteiger partial charge in [0.05, 0.1) is 6.10 Å². The molecule has 1 unspecified atom stereocenters. The van der Waals surface area contributed by atoms with Gasteiger partial charge in [0.15, 0.2) is 0 Å². The fraction of sp³-hybridized carbons (Fsp3) is 0.435. The van der Waals surface area contributed by atoms with E-state index in [4.69, 9.17) is 24.9 Å². The Morgan fingerprint density at radius 2 is 2.22 bits per heavy atom. The SMILES string of the molecule is CC(C)OC(=O)N1CC[C@@H]2Oc3ccc(-c4cccnc4F)cc3C3(COC(N)=N3)[C@H]2C1. The Bertz CT molecular complexity index is 1090. The lowest BCUT2D eigenvalue weighted by atomic mass is 9.71. The number of amidine groups is 1. The standard InChI is InChI=1S/C23H25FN4O4/c1-13(2)31-22(29)28-9-7-19-17(11-28)23(12-30-21(25)27-23)16-10-14(5-6-18(16)32-19)15-4-3-8-26-20(15)24/h3-6,8,10,13,17,19H,7,9,11-12H2,1-2H3,(H2,25,27)/t17-,19-,23?/m0/s1. The molecule has 3 aliphatic rings. The molecule has 1 amide bonds. The van der Waals surface area contributed by atoms with Crippen molar-refractivity contribution in [3.05, 3.63) is 48.0 Å². The van der Waals surface area contributed by atoms with Gasteiger partial charge in [0.1, 0.15) is 24.0 Å². The van der Waals surface area contributed by atoms with E-state index in [0.717, 1.165) is 5.56 Å². The number of aromatic nitrogens is 1. The topological polar surface area (TPSA) is 99.3 Å². The average molecular weight is 440 g/mol. The van der Waals surface area contributed by atoms with Crippen LogP contribution in [-0.2, 0) is 15.0 Å². The Labute approximate surface area is 185 Å². The fourth-order valence-electron chi connectivity index (χ4n) is 4.85. The Morgan fingerprint density at radius 3 is 2.94 bits per heavy atom. The van der Waals surface area contributed by atoms with Crippen molar-refractivity contribution in [2.24, 2.45) is 16.6 Å². The van der Waals surface area contributed by atoms with Gasteiger partial charge in [-0.2, -0.15) is 4.39 Å². The summed E-state index contributed by atoms with van der Waals surface area (Å²) in [5.74, 6) is -0.0832. The van der Waals surface area contributed by atoms with Gasteiger partial charge < -0.3 is 24.8 Å². The zero-order chi connectivity index (χ0) is 22.5. The van der Waals surface area contributed by atoms with Gasteiger partial charge in [0, 0.05) is 42.8 Å². The molecule has 8 nitrogen and oxygen atoms in total. The summed E-state index contributed by atoms with van der Waals surface area (Å²) < 4.78 is 31.8. The van der Waals surface area contributed by atoms with E-state index in [9.17, 15) is 9.18 Å². The van der Waals surface area contributed by atoms with Crippen molar-refractivity contribution in [3.8, 4) is 16.9 Å². The summed E-state index contributed by atoms with van der Waals surface area (Å²) in [7, 11) is 0.